The van der Waals surface area contributed by atoms with E-state index >= 15 is 0 Å². The van der Waals surface area contributed by atoms with Gasteiger partial charge in [-0.05, 0) is 29.6 Å². The molecule has 66 valence electrons. The summed E-state index contributed by atoms with van der Waals surface area (Å²) < 4.78 is 0. The normalized spacial score (nSPS) is 39.3. The Hall–Kier alpha value is 0. The Balaban J connectivity index is 2.49. The molecule has 0 aromatic carbocycles. The first-order valence-corrected chi connectivity index (χ1v) is 5.02. The molecule has 0 aliphatic heterocycles. The Morgan fingerprint density at radius 1 is 1.36 bits per heavy atom. The van der Waals surface area contributed by atoms with E-state index in [-0.39, 0.29) is 0 Å². The average Bonchev–Trinajstić information content (AvgIpc) is 2.61. The highest BCUT2D eigenvalue weighted by atomic mass is 14.6. The third-order valence-electron chi connectivity index (χ3n) is 3.99. The molecule has 3 unspecified atom stereocenters. The second-order valence-electron chi connectivity index (χ2n) is 4.85. The van der Waals surface area contributed by atoms with Crippen LogP contribution in [0.2, 0.25) is 0 Å². The molecule has 11 heavy (non-hydrogen) atoms. The van der Waals surface area contributed by atoms with E-state index in [2.05, 4.69) is 34.6 Å². The minimum absolute atomic E-state index is 0.697. The van der Waals surface area contributed by atoms with Gasteiger partial charge in [0.05, 0.1) is 0 Å². The largest absolute Gasteiger partial charge is 0.0651 e. The molecule has 0 bridgehead atoms. The Labute approximate surface area is 71.4 Å². The average molecular weight is 154 g/mol. The Kier molecular flexibility index (Phi) is 2.32. The van der Waals surface area contributed by atoms with Gasteiger partial charge in [0.1, 0.15) is 0 Å². The van der Waals surface area contributed by atoms with Crippen molar-refractivity contribution in [2.24, 2.45) is 23.2 Å². The first-order valence-electron chi connectivity index (χ1n) is 5.02. The zero-order valence-electron chi connectivity index (χ0n) is 8.65. The number of hydrogen-bond acceptors (Lipinski definition) is 0. The van der Waals surface area contributed by atoms with Gasteiger partial charge in [-0.3, -0.25) is 0 Å². The van der Waals surface area contributed by atoms with Crippen LogP contribution in [0.5, 0.6) is 0 Å². The van der Waals surface area contributed by atoms with Crippen molar-refractivity contribution in [2.45, 2.75) is 47.5 Å². The van der Waals surface area contributed by atoms with Crippen molar-refractivity contribution in [3.05, 3.63) is 0 Å². The molecule has 0 saturated heterocycles. The fraction of sp³-hybridized carbons (Fsp3) is 1.00. The van der Waals surface area contributed by atoms with Crippen molar-refractivity contribution in [2.75, 3.05) is 0 Å². The minimum Gasteiger partial charge on any atom is -0.0651 e. The molecule has 0 nitrogen and oxygen atoms in total. The molecule has 1 saturated carbocycles. The summed E-state index contributed by atoms with van der Waals surface area (Å²) in [6, 6.07) is 0. The van der Waals surface area contributed by atoms with Gasteiger partial charge in [-0.25, -0.2) is 0 Å². The van der Waals surface area contributed by atoms with Gasteiger partial charge in [0.25, 0.3) is 0 Å². The van der Waals surface area contributed by atoms with E-state index < -0.39 is 0 Å². The Morgan fingerprint density at radius 2 is 1.91 bits per heavy atom. The maximum atomic E-state index is 2.46. The lowest BCUT2D eigenvalue weighted by molar-refractivity contribution is 0.251. The van der Waals surface area contributed by atoms with Crippen LogP contribution in [0.25, 0.3) is 0 Å². The van der Waals surface area contributed by atoms with Crippen molar-refractivity contribution in [3.63, 3.8) is 0 Å². The number of rotatable bonds is 3. The first kappa shape index (κ1) is 9.09. The van der Waals surface area contributed by atoms with Gasteiger partial charge >= 0.3 is 0 Å². The molecule has 0 heterocycles. The Bertz CT molecular complexity index is 137. The fourth-order valence-electron chi connectivity index (χ4n) is 2.40. The van der Waals surface area contributed by atoms with Gasteiger partial charge in [-0.1, -0.05) is 41.0 Å². The van der Waals surface area contributed by atoms with Crippen LogP contribution in [0.1, 0.15) is 47.5 Å². The van der Waals surface area contributed by atoms with E-state index in [1.165, 1.54) is 12.8 Å². The molecule has 1 aliphatic carbocycles. The predicted molar refractivity (Wildman–Crippen MR) is 50.5 cm³/mol. The van der Waals surface area contributed by atoms with Crippen molar-refractivity contribution >= 4 is 0 Å². The van der Waals surface area contributed by atoms with Crippen LogP contribution in [0.4, 0.5) is 0 Å². The second kappa shape index (κ2) is 2.80. The molecule has 0 amide bonds. The lowest BCUT2D eigenvalue weighted by Crippen LogP contribution is -2.17. The maximum Gasteiger partial charge on any atom is -0.0266 e. The SMILES string of the molecule is CCC1CC1(C)C(C)C(C)C. The van der Waals surface area contributed by atoms with Crippen molar-refractivity contribution in [1.29, 1.82) is 0 Å². The summed E-state index contributed by atoms with van der Waals surface area (Å²) >= 11 is 0. The summed E-state index contributed by atoms with van der Waals surface area (Å²) in [6.45, 7) is 11.9. The Morgan fingerprint density at radius 3 is 2.18 bits per heavy atom. The molecule has 3 atom stereocenters. The van der Waals surface area contributed by atoms with E-state index in [1.807, 2.05) is 0 Å². The van der Waals surface area contributed by atoms with E-state index in [0.717, 1.165) is 17.8 Å². The quantitative estimate of drug-likeness (QED) is 0.581. The smallest absolute Gasteiger partial charge is 0.0266 e. The topological polar surface area (TPSA) is 0 Å². The summed E-state index contributed by atoms with van der Waals surface area (Å²) in [4.78, 5) is 0. The van der Waals surface area contributed by atoms with E-state index in [1.54, 1.807) is 0 Å². The third kappa shape index (κ3) is 1.45. The second-order valence-corrected chi connectivity index (χ2v) is 4.85. The van der Waals surface area contributed by atoms with Crippen LogP contribution in [0.15, 0.2) is 0 Å². The zero-order chi connectivity index (χ0) is 8.65. The molecular formula is C11H22. The molecule has 1 rings (SSSR count). The molecule has 1 fully saturated rings. The van der Waals surface area contributed by atoms with E-state index in [0.29, 0.717) is 5.41 Å². The molecule has 0 heteroatoms. The van der Waals surface area contributed by atoms with Gasteiger partial charge in [-0.2, -0.15) is 0 Å². The van der Waals surface area contributed by atoms with Gasteiger partial charge < -0.3 is 0 Å². The summed E-state index contributed by atoms with van der Waals surface area (Å²) in [5.74, 6) is 2.80. The summed E-state index contributed by atoms with van der Waals surface area (Å²) in [6.07, 6.45) is 2.86. The molecule has 0 aromatic rings. The van der Waals surface area contributed by atoms with Crippen LogP contribution < -0.4 is 0 Å². The fourth-order valence-corrected chi connectivity index (χ4v) is 2.40. The van der Waals surface area contributed by atoms with Gasteiger partial charge in [0, 0.05) is 0 Å². The zero-order valence-corrected chi connectivity index (χ0v) is 8.65. The molecule has 0 aromatic heterocycles. The highest BCUT2D eigenvalue weighted by molar-refractivity contribution is 5.01. The molecular weight excluding hydrogens is 132 g/mol. The molecule has 1 aliphatic rings. The third-order valence-corrected chi connectivity index (χ3v) is 3.99. The number of hydrogen-bond donors (Lipinski definition) is 0. The lowest BCUT2D eigenvalue weighted by atomic mass is 9.81. The van der Waals surface area contributed by atoms with E-state index in [4.69, 9.17) is 0 Å². The monoisotopic (exact) mass is 154 g/mol. The summed E-state index contributed by atoms with van der Waals surface area (Å²) in [5.41, 5.74) is 0.697. The maximum absolute atomic E-state index is 2.46. The van der Waals surface area contributed by atoms with Gasteiger partial charge in [-0.15, -0.1) is 0 Å². The van der Waals surface area contributed by atoms with E-state index in [9.17, 15) is 0 Å². The molecule has 0 N–H and O–H groups in total. The van der Waals surface area contributed by atoms with Crippen LogP contribution >= 0.6 is 0 Å². The van der Waals surface area contributed by atoms with Crippen LogP contribution in [0, 0.1) is 23.2 Å². The predicted octanol–water partition coefficient (Wildman–Crippen LogP) is 3.71. The molecule has 0 spiro atoms. The standard InChI is InChI=1S/C11H22/c1-6-10-7-11(10,5)9(4)8(2)3/h8-10H,6-7H2,1-5H3. The van der Waals surface area contributed by atoms with Gasteiger partial charge in [0.15, 0.2) is 0 Å². The lowest BCUT2D eigenvalue weighted by Gasteiger charge is -2.24. The summed E-state index contributed by atoms with van der Waals surface area (Å²) in [7, 11) is 0. The van der Waals surface area contributed by atoms with Crippen molar-refractivity contribution in [3.8, 4) is 0 Å². The van der Waals surface area contributed by atoms with Crippen molar-refractivity contribution in [1.82, 2.24) is 0 Å². The first-order chi connectivity index (χ1) is 5.02. The molecule has 0 radical (unpaired) electrons. The van der Waals surface area contributed by atoms with Crippen LogP contribution in [-0.2, 0) is 0 Å². The van der Waals surface area contributed by atoms with Gasteiger partial charge in [0.2, 0.25) is 0 Å². The minimum atomic E-state index is 0.697. The highest BCUT2D eigenvalue weighted by Crippen LogP contribution is 2.60. The van der Waals surface area contributed by atoms with Crippen molar-refractivity contribution < 1.29 is 0 Å². The highest BCUT2D eigenvalue weighted by Gasteiger charge is 2.52. The van der Waals surface area contributed by atoms with Crippen LogP contribution in [-0.4, -0.2) is 0 Å². The summed E-state index contributed by atoms with van der Waals surface area (Å²) in [5, 5.41) is 0. The van der Waals surface area contributed by atoms with Crippen LogP contribution in [0.3, 0.4) is 0 Å².